The summed E-state index contributed by atoms with van der Waals surface area (Å²) in [5, 5.41) is 5.65. The first-order valence-corrected chi connectivity index (χ1v) is 7.06. The maximum absolute atomic E-state index is 12.9. The number of rotatable bonds is 3. The van der Waals surface area contributed by atoms with Gasteiger partial charge in [0.2, 0.25) is 0 Å². The van der Waals surface area contributed by atoms with E-state index in [1.165, 1.54) is 24.3 Å². The molecule has 0 bridgehead atoms. The van der Waals surface area contributed by atoms with E-state index in [1.807, 2.05) is 18.2 Å². The Bertz CT molecular complexity index is 713. The molecule has 0 spiro atoms. The van der Waals surface area contributed by atoms with Gasteiger partial charge >= 0.3 is 0 Å². The van der Waals surface area contributed by atoms with Gasteiger partial charge in [-0.05, 0) is 35.9 Å². The predicted molar refractivity (Wildman–Crippen MR) is 80.2 cm³/mol. The van der Waals surface area contributed by atoms with Gasteiger partial charge < -0.3 is 10.6 Å². The second-order valence-corrected chi connectivity index (χ2v) is 5.21. The second kappa shape index (κ2) is 5.97. The number of halogens is 1. The highest BCUT2D eigenvalue weighted by Crippen LogP contribution is 2.23. The Morgan fingerprint density at radius 3 is 2.68 bits per heavy atom. The molecule has 1 atom stereocenters. The standard InChI is InChI=1S/C17H15FN2O2/c18-13-7-5-11(6-8-13)16(21)19-9-12-10-20-17(22)15-4-2-1-3-14(12)15/h1-8,12H,9-10H2,(H,19,21)(H,20,22). The van der Waals surface area contributed by atoms with Crippen LogP contribution in [0.5, 0.6) is 0 Å². The molecule has 1 unspecified atom stereocenters. The van der Waals surface area contributed by atoms with E-state index in [4.69, 9.17) is 0 Å². The third kappa shape index (κ3) is 2.83. The summed E-state index contributed by atoms with van der Waals surface area (Å²) in [6, 6.07) is 12.8. The molecule has 1 aliphatic rings. The molecule has 22 heavy (non-hydrogen) atoms. The van der Waals surface area contributed by atoms with Crippen LogP contribution in [0.15, 0.2) is 48.5 Å². The van der Waals surface area contributed by atoms with Crippen LogP contribution < -0.4 is 10.6 Å². The van der Waals surface area contributed by atoms with Gasteiger partial charge in [-0.15, -0.1) is 0 Å². The van der Waals surface area contributed by atoms with E-state index in [2.05, 4.69) is 10.6 Å². The quantitative estimate of drug-likeness (QED) is 0.911. The van der Waals surface area contributed by atoms with E-state index in [0.717, 1.165) is 5.56 Å². The Balaban J connectivity index is 1.69. The van der Waals surface area contributed by atoms with E-state index in [1.54, 1.807) is 6.07 Å². The maximum atomic E-state index is 12.9. The van der Waals surface area contributed by atoms with Gasteiger partial charge in [0.1, 0.15) is 5.82 Å². The minimum atomic E-state index is -0.375. The normalized spacial score (nSPS) is 16.6. The minimum Gasteiger partial charge on any atom is -0.351 e. The molecule has 3 rings (SSSR count). The number of fused-ring (bicyclic) bond motifs is 1. The zero-order chi connectivity index (χ0) is 15.5. The van der Waals surface area contributed by atoms with Crippen molar-refractivity contribution in [1.82, 2.24) is 10.6 Å². The maximum Gasteiger partial charge on any atom is 0.251 e. The summed E-state index contributed by atoms with van der Waals surface area (Å²) in [5.41, 5.74) is 2.00. The average molecular weight is 298 g/mol. The van der Waals surface area contributed by atoms with E-state index in [9.17, 15) is 14.0 Å². The lowest BCUT2D eigenvalue weighted by molar-refractivity contribution is 0.0936. The van der Waals surface area contributed by atoms with Crippen LogP contribution in [-0.2, 0) is 0 Å². The SMILES string of the molecule is O=C(NCC1CNC(=O)c2ccccc21)c1ccc(F)cc1. The molecule has 4 nitrogen and oxygen atoms in total. The van der Waals surface area contributed by atoms with E-state index in [0.29, 0.717) is 24.2 Å². The Labute approximate surface area is 127 Å². The number of benzene rings is 2. The van der Waals surface area contributed by atoms with Gasteiger partial charge in [0.05, 0.1) is 0 Å². The van der Waals surface area contributed by atoms with Gasteiger partial charge in [0, 0.05) is 30.1 Å². The van der Waals surface area contributed by atoms with Crippen molar-refractivity contribution >= 4 is 11.8 Å². The molecular weight excluding hydrogens is 283 g/mol. The Morgan fingerprint density at radius 1 is 1.18 bits per heavy atom. The number of carbonyl (C=O) groups is 2. The number of nitrogens with one attached hydrogen (secondary N) is 2. The van der Waals surface area contributed by atoms with Crippen LogP contribution >= 0.6 is 0 Å². The fraction of sp³-hybridized carbons (Fsp3) is 0.176. The molecule has 0 saturated heterocycles. The summed E-state index contributed by atoms with van der Waals surface area (Å²) in [7, 11) is 0. The number of amides is 2. The smallest absolute Gasteiger partial charge is 0.251 e. The fourth-order valence-corrected chi connectivity index (χ4v) is 2.58. The van der Waals surface area contributed by atoms with E-state index >= 15 is 0 Å². The molecule has 2 aromatic rings. The minimum absolute atomic E-state index is 0.0262. The van der Waals surface area contributed by atoms with Crippen molar-refractivity contribution in [2.75, 3.05) is 13.1 Å². The Kier molecular flexibility index (Phi) is 3.87. The molecule has 1 heterocycles. The van der Waals surface area contributed by atoms with Crippen LogP contribution in [0.3, 0.4) is 0 Å². The molecule has 5 heteroatoms. The van der Waals surface area contributed by atoms with E-state index in [-0.39, 0.29) is 23.5 Å². The molecule has 0 radical (unpaired) electrons. The highest BCUT2D eigenvalue weighted by molar-refractivity contribution is 5.97. The van der Waals surface area contributed by atoms with Crippen molar-refractivity contribution in [3.63, 3.8) is 0 Å². The van der Waals surface area contributed by atoms with Crippen molar-refractivity contribution in [2.45, 2.75) is 5.92 Å². The highest BCUT2D eigenvalue weighted by atomic mass is 19.1. The van der Waals surface area contributed by atoms with Crippen molar-refractivity contribution in [2.24, 2.45) is 0 Å². The van der Waals surface area contributed by atoms with Gasteiger partial charge in [0.25, 0.3) is 11.8 Å². The monoisotopic (exact) mass is 298 g/mol. The third-order valence-corrected chi connectivity index (χ3v) is 3.77. The summed E-state index contributed by atoms with van der Waals surface area (Å²) in [4.78, 5) is 23.8. The van der Waals surface area contributed by atoms with Crippen molar-refractivity contribution in [1.29, 1.82) is 0 Å². The summed E-state index contributed by atoms with van der Waals surface area (Å²) < 4.78 is 12.9. The lowest BCUT2D eigenvalue weighted by Crippen LogP contribution is -2.40. The van der Waals surface area contributed by atoms with Crippen LogP contribution in [0.4, 0.5) is 4.39 Å². The zero-order valence-electron chi connectivity index (χ0n) is 11.8. The molecule has 0 saturated carbocycles. The first-order valence-electron chi connectivity index (χ1n) is 7.06. The van der Waals surface area contributed by atoms with Crippen LogP contribution in [0, 0.1) is 5.82 Å². The summed E-state index contributed by atoms with van der Waals surface area (Å²) in [6.45, 7) is 0.896. The lowest BCUT2D eigenvalue weighted by atomic mass is 9.90. The number of hydrogen-bond acceptors (Lipinski definition) is 2. The molecule has 0 aliphatic carbocycles. The summed E-state index contributed by atoms with van der Waals surface area (Å²) in [6.07, 6.45) is 0. The first kappa shape index (κ1) is 14.3. The lowest BCUT2D eigenvalue weighted by Gasteiger charge is -2.25. The largest absolute Gasteiger partial charge is 0.351 e. The summed E-state index contributed by atoms with van der Waals surface area (Å²) >= 11 is 0. The van der Waals surface area contributed by atoms with Crippen molar-refractivity contribution in [3.05, 3.63) is 71.0 Å². The molecule has 2 amide bonds. The molecule has 112 valence electrons. The van der Waals surface area contributed by atoms with Gasteiger partial charge in [-0.1, -0.05) is 18.2 Å². The van der Waals surface area contributed by atoms with Crippen LogP contribution in [-0.4, -0.2) is 24.9 Å². The zero-order valence-corrected chi connectivity index (χ0v) is 11.8. The van der Waals surface area contributed by atoms with E-state index < -0.39 is 0 Å². The van der Waals surface area contributed by atoms with Gasteiger partial charge in [0.15, 0.2) is 0 Å². The summed E-state index contributed by atoms with van der Waals surface area (Å²) in [5.74, 6) is -0.690. The Hall–Kier alpha value is -2.69. The Morgan fingerprint density at radius 2 is 1.91 bits per heavy atom. The van der Waals surface area contributed by atoms with Crippen LogP contribution in [0.2, 0.25) is 0 Å². The van der Waals surface area contributed by atoms with Gasteiger partial charge in [-0.3, -0.25) is 9.59 Å². The molecular formula is C17H15FN2O2. The molecule has 0 fully saturated rings. The van der Waals surface area contributed by atoms with Crippen LogP contribution in [0.25, 0.3) is 0 Å². The molecule has 0 aromatic heterocycles. The number of hydrogen-bond donors (Lipinski definition) is 2. The van der Waals surface area contributed by atoms with Crippen LogP contribution in [0.1, 0.15) is 32.2 Å². The topological polar surface area (TPSA) is 58.2 Å². The average Bonchev–Trinajstić information content (AvgIpc) is 2.55. The van der Waals surface area contributed by atoms with Crippen molar-refractivity contribution in [3.8, 4) is 0 Å². The molecule has 2 aromatic carbocycles. The molecule has 1 aliphatic heterocycles. The third-order valence-electron chi connectivity index (χ3n) is 3.77. The van der Waals surface area contributed by atoms with Gasteiger partial charge in [-0.2, -0.15) is 0 Å². The number of carbonyl (C=O) groups excluding carboxylic acids is 2. The second-order valence-electron chi connectivity index (χ2n) is 5.21. The van der Waals surface area contributed by atoms with Crippen molar-refractivity contribution < 1.29 is 14.0 Å². The van der Waals surface area contributed by atoms with Gasteiger partial charge in [-0.25, -0.2) is 4.39 Å². The molecule has 2 N–H and O–H groups in total. The highest BCUT2D eigenvalue weighted by Gasteiger charge is 2.25. The fourth-order valence-electron chi connectivity index (χ4n) is 2.58. The predicted octanol–water partition coefficient (Wildman–Crippen LogP) is 2.08. The first-order chi connectivity index (χ1) is 10.6.